The van der Waals surface area contributed by atoms with Gasteiger partial charge in [0.05, 0.1) is 0 Å². The summed E-state index contributed by atoms with van der Waals surface area (Å²) in [5, 5.41) is 3.08. The van der Waals surface area contributed by atoms with Crippen LogP contribution in [0.15, 0.2) is 0 Å². The molecule has 0 amide bonds. The Balaban J connectivity index is 0. The zero-order valence-corrected chi connectivity index (χ0v) is 10.1. The standard InChI is InChI=1S/2C4H9.Al.Cu.3H/c2*1-4(2)3;;;;;/h2*4H,1H2,2-3H3;;;;;. The van der Waals surface area contributed by atoms with Crippen LogP contribution in [0.25, 0.3) is 0 Å². The van der Waals surface area contributed by atoms with Gasteiger partial charge in [-0.2, -0.15) is 0 Å². The molecule has 0 aliphatic heterocycles. The van der Waals surface area contributed by atoms with Crippen LogP contribution in [-0.2, 0) is 17.1 Å². The van der Waals surface area contributed by atoms with Gasteiger partial charge in [0.1, 0.15) is 0 Å². The van der Waals surface area contributed by atoms with Crippen LogP contribution in [0.3, 0.4) is 0 Å². The quantitative estimate of drug-likeness (QED) is 0.619. The van der Waals surface area contributed by atoms with E-state index >= 15 is 0 Å². The van der Waals surface area contributed by atoms with Crippen LogP contribution >= 0.6 is 0 Å². The molecular formula is C8H21AlCu. The summed E-state index contributed by atoms with van der Waals surface area (Å²) in [5.41, 5.74) is 0. The summed E-state index contributed by atoms with van der Waals surface area (Å²) < 4.78 is 0. The molecule has 10 heavy (non-hydrogen) atoms. The van der Waals surface area contributed by atoms with Crippen molar-refractivity contribution in [2.45, 2.75) is 38.3 Å². The van der Waals surface area contributed by atoms with E-state index in [2.05, 4.69) is 27.7 Å². The zero-order valence-electron chi connectivity index (χ0n) is 7.61. The first-order valence-corrected chi connectivity index (χ1v) is 6.13. The maximum absolute atomic E-state index is 2.33. The second-order valence-corrected chi connectivity index (χ2v) is 5.58. The molecule has 0 aromatic carbocycles. The Morgan fingerprint density at radius 1 is 0.900 bits per heavy atom. The Morgan fingerprint density at radius 2 is 1.20 bits per heavy atom. The average Bonchev–Trinajstić information content (AvgIpc) is 1.63. The van der Waals surface area contributed by atoms with E-state index in [0.29, 0.717) is 15.2 Å². The van der Waals surface area contributed by atoms with Crippen LogP contribution in [-0.4, -0.2) is 15.2 Å². The van der Waals surface area contributed by atoms with E-state index in [1.807, 2.05) is 0 Å². The van der Waals surface area contributed by atoms with E-state index < -0.39 is 0 Å². The Kier molecular flexibility index (Phi) is 11.1. The van der Waals surface area contributed by atoms with Crippen LogP contribution in [0, 0.1) is 11.8 Å². The summed E-state index contributed by atoms with van der Waals surface area (Å²) in [7, 11) is 0. The van der Waals surface area contributed by atoms with Crippen molar-refractivity contribution >= 4 is 15.2 Å². The fourth-order valence-corrected chi connectivity index (χ4v) is 2.80. The molecule has 2 heteroatoms. The molecule has 0 spiro atoms. The third-order valence-electron chi connectivity index (χ3n) is 1.56. The van der Waals surface area contributed by atoms with Gasteiger partial charge in [0, 0.05) is 0 Å². The number of hydrogen-bond donors (Lipinski definition) is 0. The third kappa shape index (κ3) is 11.8. The molecule has 0 aromatic heterocycles. The Morgan fingerprint density at radius 3 is 1.40 bits per heavy atom. The predicted molar refractivity (Wildman–Crippen MR) is 49.2 cm³/mol. The normalized spacial score (nSPS) is 9.80. The first-order valence-electron chi connectivity index (χ1n) is 4.13. The predicted octanol–water partition coefficient (Wildman–Crippen LogP) is 2.03. The molecule has 0 N–H and O–H groups in total. The van der Waals surface area contributed by atoms with Gasteiger partial charge >= 0.3 is 17.1 Å². The molecule has 0 atom stereocenters. The Bertz CT molecular complexity index is 54.3. The Labute approximate surface area is 82.3 Å². The van der Waals surface area contributed by atoms with Crippen molar-refractivity contribution < 1.29 is 17.1 Å². The molecule has 0 saturated heterocycles. The van der Waals surface area contributed by atoms with Crippen molar-refractivity contribution in [3.63, 3.8) is 0 Å². The van der Waals surface area contributed by atoms with Gasteiger partial charge in [-0.25, -0.2) is 0 Å². The van der Waals surface area contributed by atoms with E-state index in [4.69, 9.17) is 0 Å². The van der Waals surface area contributed by atoms with E-state index in [0.717, 1.165) is 11.8 Å². The second kappa shape index (κ2) is 8.15. The SMILES string of the molecule is CC(C)[CH2][AlH][CH2]C(C)C.[CuH2]. The molecule has 0 unspecified atom stereocenters. The van der Waals surface area contributed by atoms with Crippen molar-refractivity contribution in [2.24, 2.45) is 11.8 Å². The summed E-state index contributed by atoms with van der Waals surface area (Å²) >= 11 is 0.316. The van der Waals surface area contributed by atoms with E-state index in [-0.39, 0.29) is 17.1 Å². The fourth-order valence-electron chi connectivity index (χ4n) is 0.934. The second-order valence-electron chi connectivity index (χ2n) is 3.72. The van der Waals surface area contributed by atoms with Crippen LogP contribution in [0.4, 0.5) is 0 Å². The first-order chi connectivity index (χ1) is 4.13. The molecule has 0 saturated carbocycles. The molecule has 0 bridgehead atoms. The van der Waals surface area contributed by atoms with Gasteiger partial charge in [-0.3, -0.25) is 0 Å². The van der Waals surface area contributed by atoms with Crippen molar-refractivity contribution in [2.75, 3.05) is 0 Å². The van der Waals surface area contributed by atoms with Crippen molar-refractivity contribution in [3.05, 3.63) is 0 Å². The zero-order chi connectivity index (χ0) is 7.28. The molecule has 67 valence electrons. The Hall–Kier alpha value is 1.05. The summed E-state index contributed by atoms with van der Waals surface area (Å²) in [5.74, 6) is 1.91. The van der Waals surface area contributed by atoms with Crippen LogP contribution in [0.2, 0.25) is 10.6 Å². The van der Waals surface area contributed by atoms with Crippen LogP contribution in [0.1, 0.15) is 27.7 Å². The minimum atomic E-state index is 0. The van der Waals surface area contributed by atoms with E-state index in [1.54, 1.807) is 0 Å². The number of hydrogen-bond acceptors (Lipinski definition) is 0. The van der Waals surface area contributed by atoms with Crippen molar-refractivity contribution in [3.8, 4) is 0 Å². The average molecular weight is 208 g/mol. The summed E-state index contributed by atoms with van der Waals surface area (Å²) in [4.78, 5) is 0. The van der Waals surface area contributed by atoms with Crippen LogP contribution in [0.5, 0.6) is 0 Å². The first kappa shape index (κ1) is 13.6. The van der Waals surface area contributed by atoms with Gasteiger partial charge in [-0.15, -0.1) is 0 Å². The van der Waals surface area contributed by atoms with Crippen molar-refractivity contribution in [1.29, 1.82) is 0 Å². The third-order valence-corrected chi connectivity index (χ3v) is 4.69. The molecule has 0 aliphatic carbocycles. The molecule has 1 radical (unpaired) electrons. The monoisotopic (exact) mass is 207 g/mol. The van der Waals surface area contributed by atoms with Gasteiger partial charge in [0.2, 0.25) is 15.2 Å². The summed E-state index contributed by atoms with van der Waals surface area (Å²) in [6, 6.07) is 0. The maximum atomic E-state index is 2.33. The molecular weight excluding hydrogens is 187 g/mol. The molecule has 0 fully saturated rings. The minimum absolute atomic E-state index is 0. The topological polar surface area (TPSA) is 0 Å². The molecule has 0 aromatic rings. The van der Waals surface area contributed by atoms with Gasteiger partial charge in [-0.1, -0.05) is 50.1 Å². The van der Waals surface area contributed by atoms with Crippen LogP contribution < -0.4 is 0 Å². The molecule has 0 rings (SSSR count). The van der Waals surface area contributed by atoms with Crippen molar-refractivity contribution in [1.82, 2.24) is 0 Å². The molecule has 0 heterocycles. The summed E-state index contributed by atoms with van der Waals surface area (Å²) in [6.45, 7) is 9.31. The van der Waals surface area contributed by atoms with Gasteiger partial charge in [0.15, 0.2) is 0 Å². The van der Waals surface area contributed by atoms with Gasteiger partial charge in [0.25, 0.3) is 0 Å². The van der Waals surface area contributed by atoms with Gasteiger partial charge < -0.3 is 0 Å². The van der Waals surface area contributed by atoms with E-state index in [9.17, 15) is 0 Å². The number of rotatable bonds is 4. The fraction of sp³-hybridized carbons (Fsp3) is 1.00. The summed E-state index contributed by atoms with van der Waals surface area (Å²) in [6.07, 6.45) is 0. The van der Waals surface area contributed by atoms with E-state index in [1.165, 1.54) is 10.6 Å². The van der Waals surface area contributed by atoms with Gasteiger partial charge in [-0.05, 0) is 0 Å². The molecule has 0 nitrogen and oxygen atoms in total. The molecule has 0 aliphatic rings.